The van der Waals surface area contributed by atoms with Gasteiger partial charge in [-0.05, 0) is 31.6 Å². The molecule has 1 aliphatic carbocycles. The number of hydrogen-bond acceptors (Lipinski definition) is 4. The summed E-state index contributed by atoms with van der Waals surface area (Å²) in [4.78, 5) is 35.3. The van der Waals surface area contributed by atoms with Crippen LogP contribution in [0.5, 0.6) is 0 Å². The van der Waals surface area contributed by atoms with E-state index in [2.05, 4.69) is 17.9 Å². The van der Waals surface area contributed by atoms with Crippen LogP contribution in [0.2, 0.25) is 0 Å². The highest BCUT2D eigenvalue weighted by atomic mass is 32.1. The van der Waals surface area contributed by atoms with Crippen LogP contribution in [0.4, 0.5) is 0 Å². The van der Waals surface area contributed by atoms with E-state index >= 15 is 0 Å². The summed E-state index contributed by atoms with van der Waals surface area (Å²) in [5.74, 6) is -0.117. The molecule has 1 saturated heterocycles. The molecule has 2 rings (SSSR count). The highest BCUT2D eigenvalue weighted by Gasteiger charge is 2.66. The van der Waals surface area contributed by atoms with Crippen molar-refractivity contribution in [1.29, 1.82) is 0 Å². The summed E-state index contributed by atoms with van der Waals surface area (Å²) in [6, 6.07) is -0.290. The Bertz CT molecular complexity index is 411. The van der Waals surface area contributed by atoms with Crippen molar-refractivity contribution in [1.82, 2.24) is 5.32 Å². The molecule has 0 spiro atoms. The fraction of sp³-hybridized carbons (Fsp3) is 1.00. The van der Waals surface area contributed by atoms with E-state index in [1.165, 1.54) is 0 Å². The SMILES string of the molecule is O=P(O)(O)C1(P(=O)(O)O)CC2CCC(S)NC2C1. The molecule has 5 N–H and O–H groups in total. The number of fused-ring (bicyclic) bond motifs is 1. The topological polar surface area (TPSA) is 127 Å². The standard InChI is InChI=1S/C8H17NO6P2S/c10-16(11,12)8(17(13,14)15)3-5-1-2-7(18)9-6(5)4-8/h5-7,9,18H,1-4H2,(H2,10,11,12)(H2,13,14,15). The summed E-state index contributed by atoms with van der Waals surface area (Å²) >= 11 is 4.25. The summed E-state index contributed by atoms with van der Waals surface area (Å²) in [6.45, 7) is 0. The molecule has 7 nitrogen and oxygen atoms in total. The number of piperidine rings is 1. The predicted octanol–water partition coefficient (Wildman–Crippen LogP) is 0.456. The maximum Gasteiger partial charge on any atom is 0.343 e. The molecular formula is C8H17NO6P2S. The molecule has 0 aromatic rings. The first-order valence-corrected chi connectivity index (χ1v) is 9.36. The lowest BCUT2D eigenvalue weighted by molar-refractivity contribution is 0.301. The second kappa shape index (κ2) is 4.57. The fourth-order valence-corrected chi connectivity index (χ4v) is 6.52. The van der Waals surface area contributed by atoms with Crippen molar-refractivity contribution in [3.8, 4) is 0 Å². The zero-order valence-electron chi connectivity index (χ0n) is 9.51. The molecule has 10 heteroatoms. The largest absolute Gasteiger partial charge is 0.343 e. The molecule has 3 atom stereocenters. The number of rotatable bonds is 2. The van der Waals surface area contributed by atoms with E-state index in [-0.39, 0.29) is 30.2 Å². The zero-order valence-corrected chi connectivity index (χ0v) is 12.2. The second-order valence-corrected chi connectivity index (χ2v) is 9.97. The monoisotopic (exact) mass is 317 g/mol. The quantitative estimate of drug-likeness (QED) is 0.322. The summed E-state index contributed by atoms with van der Waals surface area (Å²) in [5, 5.41) is 2.97. The second-order valence-electron chi connectivity index (χ2n) is 5.11. The zero-order chi connectivity index (χ0) is 13.8. The van der Waals surface area contributed by atoms with Crippen molar-refractivity contribution in [2.24, 2.45) is 5.92 Å². The summed E-state index contributed by atoms with van der Waals surface area (Å²) in [6.07, 6.45) is 1.05. The van der Waals surface area contributed by atoms with E-state index in [9.17, 15) is 28.7 Å². The van der Waals surface area contributed by atoms with E-state index in [1.54, 1.807) is 0 Å². The first kappa shape index (κ1) is 15.0. The molecule has 106 valence electrons. The van der Waals surface area contributed by atoms with Crippen LogP contribution in [0.25, 0.3) is 0 Å². The van der Waals surface area contributed by atoms with Gasteiger partial charge in [0.25, 0.3) is 0 Å². The minimum atomic E-state index is -4.89. The third-order valence-electron chi connectivity index (χ3n) is 4.01. The van der Waals surface area contributed by atoms with Gasteiger partial charge in [0.2, 0.25) is 0 Å². The Labute approximate surface area is 110 Å². The summed E-state index contributed by atoms with van der Waals surface area (Å²) < 4.78 is 23.2. The van der Waals surface area contributed by atoms with Crippen molar-refractivity contribution in [3.05, 3.63) is 0 Å². The van der Waals surface area contributed by atoms with Gasteiger partial charge in [-0.3, -0.25) is 9.13 Å². The van der Waals surface area contributed by atoms with Crippen molar-refractivity contribution >= 4 is 27.8 Å². The van der Waals surface area contributed by atoms with E-state index in [0.29, 0.717) is 6.42 Å². The van der Waals surface area contributed by atoms with Gasteiger partial charge in [-0.2, -0.15) is 12.6 Å². The van der Waals surface area contributed by atoms with Gasteiger partial charge in [0.1, 0.15) is 0 Å². The van der Waals surface area contributed by atoms with E-state index in [1.807, 2.05) is 0 Å². The molecular weight excluding hydrogens is 300 g/mol. The molecule has 0 aromatic carbocycles. The first-order chi connectivity index (χ1) is 8.07. The van der Waals surface area contributed by atoms with E-state index < -0.39 is 20.1 Å². The van der Waals surface area contributed by atoms with Gasteiger partial charge in [0.15, 0.2) is 4.90 Å². The Morgan fingerprint density at radius 1 is 1.06 bits per heavy atom. The molecule has 2 aliphatic rings. The van der Waals surface area contributed by atoms with Gasteiger partial charge in [0.05, 0.1) is 5.37 Å². The van der Waals surface area contributed by atoms with Gasteiger partial charge in [-0.1, -0.05) is 0 Å². The molecule has 0 radical (unpaired) electrons. The molecule has 0 bridgehead atoms. The maximum absolute atomic E-state index is 11.6. The maximum atomic E-state index is 11.6. The van der Waals surface area contributed by atoms with Gasteiger partial charge in [0, 0.05) is 6.04 Å². The Hall–Kier alpha value is 0.610. The molecule has 1 heterocycles. The van der Waals surface area contributed by atoms with Crippen molar-refractivity contribution < 1.29 is 28.7 Å². The molecule has 1 aliphatic heterocycles. The smallest absolute Gasteiger partial charge is 0.324 e. The van der Waals surface area contributed by atoms with Crippen LogP contribution in [-0.2, 0) is 9.13 Å². The van der Waals surface area contributed by atoms with Crippen molar-refractivity contribution in [2.75, 3.05) is 0 Å². The third kappa shape index (κ3) is 2.34. The molecule has 1 saturated carbocycles. The number of thiol groups is 1. The number of nitrogens with one attached hydrogen (secondary N) is 1. The van der Waals surface area contributed by atoms with Crippen LogP contribution in [0.15, 0.2) is 0 Å². The Balaban J connectivity index is 2.36. The van der Waals surface area contributed by atoms with Crippen LogP contribution >= 0.6 is 27.8 Å². The average molecular weight is 317 g/mol. The average Bonchev–Trinajstić information content (AvgIpc) is 2.55. The van der Waals surface area contributed by atoms with E-state index in [0.717, 1.165) is 6.42 Å². The Morgan fingerprint density at radius 2 is 1.61 bits per heavy atom. The van der Waals surface area contributed by atoms with Crippen LogP contribution < -0.4 is 5.32 Å². The lowest BCUT2D eigenvalue weighted by Gasteiger charge is -2.31. The fourth-order valence-electron chi connectivity index (χ4n) is 3.01. The van der Waals surface area contributed by atoms with Gasteiger partial charge >= 0.3 is 15.2 Å². The Kier molecular flexibility index (Phi) is 3.81. The molecule has 18 heavy (non-hydrogen) atoms. The molecule has 3 unspecified atom stereocenters. The van der Waals surface area contributed by atoms with Crippen molar-refractivity contribution in [2.45, 2.75) is 42.0 Å². The van der Waals surface area contributed by atoms with Crippen LogP contribution in [0.3, 0.4) is 0 Å². The van der Waals surface area contributed by atoms with Gasteiger partial charge in [-0.25, -0.2) is 0 Å². The van der Waals surface area contributed by atoms with Gasteiger partial charge in [-0.15, -0.1) is 0 Å². The summed E-state index contributed by atoms with van der Waals surface area (Å²) in [5.41, 5.74) is 0. The summed E-state index contributed by atoms with van der Waals surface area (Å²) in [7, 11) is -9.77. The lowest BCUT2D eigenvalue weighted by atomic mass is 9.94. The predicted molar refractivity (Wildman–Crippen MR) is 68.5 cm³/mol. The Morgan fingerprint density at radius 3 is 2.11 bits per heavy atom. The van der Waals surface area contributed by atoms with Gasteiger partial charge < -0.3 is 24.9 Å². The van der Waals surface area contributed by atoms with Crippen LogP contribution in [0.1, 0.15) is 25.7 Å². The molecule has 0 amide bonds. The third-order valence-corrected chi connectivity index (χ3v) is 8.88. The molecule has 2 fully saturated rings. The van der Waals surface area contributed by atoms with E-state index in [4.69, 9.17) is 0 Å². The minimum Gasteiger partial charge on any atom is -0.324 e. The molecule has 0 aromatic heterocycles. The lowest BCUT2D eigenvalue weighted by Crippen LogP contribution is -2.42. The van der Waals surface area contributed by atoms with Crippen LogP contribution in [-0.4, -0.2) is 35.9 Å². The number of hydrogen-bond donors (Lipinski definition) is 6. The van der Waals surface area contributed by atoms with Crippen LogP contribution in [0, 0.1) is 5.92 Å². The highest BCUT2D eigenvalue weighted by molar-refractivity contribution is 7.80. The highest BCUT2D eigenvalue weighted by Crippen LogP contribution is 2.76. The first-order valence-electron chi connectivity index (χ1n) is 5.62. The minimum absolute atomic E-state index is 0.0874. The van der Waals surface area contributed by atoms with Crippen molar-refractivity contribution in [3.63, 3.8) is 0 Å². The normalized spacial score (nSPS) is 36.4.